The molecule has 6 nitrogen and oxygen atoms in total. The largest absolute Gasteiger partial charge is 0.480 e. The monoisotopic (exact) mass is 279 g/mol. The van der Waals surface area contributed by atoms with Gasteiger partial charge in [0.1, 0.15) is 6.04 Å². The summed E-state index contributed by atoms with van der Waals surface area (Å²) in [5.41, 5.74) is 0. The normalized spacial score (nSPS) is 12.1. The molecular formula is C11H21NO5S. The summed E-state index contributed by atoms with van der Waals surface area (Å²) in [6, 6.07) is -0.832. The lowest BCUT2D eigenvalue weighted by Gasteiger charge is -2.12. The molecule has 0 fully saturated rings. The third-order valence-corrected chi connectivity index (χ3v) is 2.99. The Kier molecular flexibility index (Phi) is 10.8. The Hall–Kier alpha value is -0.790. The number of nitrogens with one attached hydrogen (secondary N) is 1. The molecular weight excluding hydrogens is 258 g/mol. The highest BCUT2D eigenvalue weighted by atomic mass is 32.2. The number of carbonyl (C=O) groups excluding carboxylic acids is 1. The van der Waals surface area contributed by atoms with Gasteiger partial charge < -0.3 is 19.9 Å². The Bertz CT molecular complexity index is 250. The Morgan fingerprint density at radius 1 is 1.33 bits per heavy atom. The fraction of sp³-hybridized carbons (Fsp3) is 0.818. The first kappa shape index (κ1) is 17.2. The molecule has 1 amide bonds. The number of carboxylic acid groups (broad SMARTS) is 1. The van der Waals surface area contributed by atoms with Gasteiger partial charge in [0.05, 0.1) is 6.61 Å². The van der Waals surface area contributed by atoms with Crippen LogP contribution in [0.5, 0.6) is 0 Å². The number of carboxylic acids is 1. The smallest absolute Gasteiger partial charge is 0.327 e. The summed E-state index contributed by atoms with van der Waals surface area (Å²) in [6.07, 6.45) is 0.852. The van der Waals surface area contributed by atoms with Gasteiger partial charge in [0.15, 0.2) is 0 Å². The molecule has 0 aromatic rings. The van der Waals surface area contributed by atoms with E-state index >= 15 is 0 Å². The average molecular weight is 279 g/mol. The van der Waals surface area contributed by atoms with E-state index in [9.17, 15) is 9.59 Å². The van der Waals surface area contributed by atoms with Gasteiger partial charge in [-0.15, -0.1) is 0 Å². The first-order valence-corrected chi connectivity index (χ1v) is 6.87. The van der Waals surface area contributed by atoms with Crippen molar-refractivity contribution in [2.45, 2.75) is 19.4 Å². The van der Waals surface area contributed by atoms with Crippen molar-refractivity contribution < 1.29 is 24.2 Å². The number of amides is 1. The van der Waals surface area contributed by atoms with E-state index in [1.807, 2.05) is 0 Å². The Morgan fingerprint density at radius 3 is 2.61 bits per heavy atom. The van der Waals surface area contributed by atoms with E-state index in [1.165, 1.54) is 18.7 Å². The molecule has 0 saturated heterocycles. The highest BCUT2D eigenvalue weighted by Gasteiger charge is 2.17. The molecule has 106 valence electrons. The molecule has 1 atom stereocenters. The van der Waals surface area contributed by atoms with Crippen LogP contribution in [0.3, 0.4) is 0 Å². The van der Waals surface area contributed by atoms with Gasteiger partial charge in [-0.1, -0.05) is 0 Å². The summed E-state index contributed by atoms with van der Waals surface area (Å²) in [4.78, 5) is 21.6. The highest BCUT2D eigenvalue weighted by molar-refractivity contribution is 7.99. The molecule has 0 aliphatic rings. The van der Waals surface area contributed by atoms with Crippen LogP contribution >= 0.6 is 11.8 Å². The van der Waals surface area contributed by atoms with E-state index in [1.54, 1.807) is 7.11 Å². The zero-order valence-corrected chi connectivity index (χ0v) is 11.6. The first-order chi connectivity index (χ1) is 8.57. The molecule has 0 aromatic carbocycles. The van der Waals surface area contributed by atoms with Crippen molar-refractivity contribution in [3.05, 3.63) is 0 Å². The molecule has 7 heteroatoms. The molecule has 0 spiro atoms. The molecule has 0 aromatic heterocycles. The lowest BCUT2D eigenvalue weighted by atomic mass is 10.3. The Balaban J connectivity index is 3.49. The fourth-order valence-electron chi connectivity index (χ4n) is 1.15. The maximum atomic E-state index is 10.8. The van der Waals surface area contributed by atoms with Crippen LogP contribution in [0.15, 0.2) is 0 Å². The molecule has 0 aliphatic heterocycles. The van der Waals surface area contributed by atoms with E-state index in [2.05, 4.69) is 5.32 Å². The lowest BCUT2D eigenvalue weighted by molar-refractivity contribution is -0.140. The minimum atomic E-state index is -1.02. The Morgan fingerprint density at radius 2 is 2.06 bits per heavy atom. The van der Waals surface area contributed by atoms with Gasteiger partial charge in [0.2, 0.25) is 5.91 Å². The number of carbonyl (C=O) groups is 2. The number of methoxy groups -OCH3 is 1. The van der Waals surface area contributed by atoms with Crippen LogP contribution in [0, 0.1) is 0 Å². The second-order valence-corrected chi connectivity index (χ2v) is 4.77. The van der Waals surface area contributed by atoms with Crippen molar-refractivity contribution in [3.8, 4) is 0 Å². The van der Waals surface area contributed by atoms with Crippen molar-refractivity contribution in [3.63, 3.8) is 0 Å². The van der Waals surface area contributed by atoms with Crippen LogP contribution in [0.4, 0.5) is 0 Å². The average Bonchev–Trinajstić information content (AvgIpc) is 2.30. The van der Waals surface area contributed by atoms with E-state index in [-0.39, 0.29) is 5.91 Å². The molecule has 0 bridgehead atoms. The van der Waals surface area contributed by atoms with E-state index in [4.69, 9.17) is 14.6 Å². The third-order valence-electron chi connectivity index (χ3n) is 1.97. The van der Waals surface area contributed by atoms with Gasteiger partial charge in [-0.05, 0) is 6.42 Å². The number of thioether (sulfide) groups is 1. The van der Waals surface area contributed by atoms with Gasteiger partial charge in [0, 0.05) is 38.8 Å². The van der Waals surface area contributed by atoms with Crippen molar-refractivity contribution in [2.75, 3.05) is 38.4 Å². The van der Waals surface area contributed by atoms with E-state index in [0.29, 0.717) is 31.3 Å². The van der Waals surface area contributed by atoms with Gasteiger partial charge in [-0.3, -0.25) is 4.79 Å². The predicted octanol–water partition coefficient (Wildman–Crippen LogP) is 0.362. The van der Waals surface area contributed by atoms with Crippen molar-refractivity contribution in [1.29, 1.82) is 0 Å². The second kappa shape index (κ2) is 11.3. The molecule has 0 saturated carbocycles. The number of aliphatic carboxylic acids is 1. The number of ether oxygens (including phenoxy) is 2. The maximum absolute atomic E-state index is 10.8. The van der Waals surface area contributed by atoms with Crippen LogP contribution in [-0.4, -0.2) is 61.5 Å². The fourth-order valence-corrected chi connectivity index (χ4v) is 2.01. The second-order valence-electron chi connectivity index (χ2n) is 3.62. The predicted molar refractivity (Wildman–Crippen MR) is 69.9 cm³/mol. The topological polar surface area (TPSA) is 84.9 Å². The third kappa shape index (κ3) is 10.4. The minimum Gasteiger partial charge on any atom is -0.480 e. The quantitative estimate of drug-likeness (QED) is 0.531. The molecule has 0 heterocycles. The Labute approximate surface area is 111 Å². The summed E-state index contributed by atoms with van der Waals surface area (Å²) < 4.78 is 10.2. The molecule has 0 unspecified atom stereocenters. The van der Waals surface area contributed by atoms with Crippen LogP contribution in [0.25, 0.3) is 0 Å². The van der Waals surface area contributed by atoms with Crippen LogP contribution in [0.1, 0.15) is 13.3 Å². The van der Waals surface area contributed by atoms with E-state index < -0.39 is 12.0 Å². The first-order valence-electron chi connectivity index (χ1n) is 5.72. The van der Waals surface area contributed by atoms with Crippen LogP contribution in [0.2, 0.25) is 0 Å². The SMILES string of the molecule is COCCCOCCSC[C@H](NC(C)=O)C(=O)O. The minimum absolute atomic E-state index is 0.334. The molecule has 2 N–H and O–H groups in total. The summed E-state index contributed by atoms with van der Waals surface area (Å²) in [6.45, 7) is 3.19. The van der Waals surface area contributed by atoms with Crippen molar-refractivity contribution in [2.24, 2.45) is 0 Å². The van der Waals surface area contributed by atoms with Gasteiger partial charge in [-0.25, -0.2) is 4.79 Å². The molecule has 0 radical (unpaired) electrons. The zero-order valence-electron chi connectivity index (χ0n) is 10.8. The van der Waals surface area contributed by atoms with Gasteiger partial charge in [-0.2, -0.15) is 11.8 Å². The summed E-state index contributed by atoms with van der Waals surface area (Å²) in [5, 5.41) is 11.2. The van der Waals surface area contributed by atoms with Crippen molar-refractivity contribution >= 4 is 23.6 Å². The maximum Gasteiger partial charge on any atom is 0.327 e. The number of rotatable bonds is 11. The number of hydrogen-bond acceptors (Lipinski definition) is 5. The molecule has 0 rings (SSSR count). The van der Waals surface area contributed by atoms with E-state index in [0.717, 1.165) is 6.42 Å². The van der Waals surface area contributed by atoms with Crippen LogP contribution < -0.4 is 5.32 Å². The molecule has 18 heavy (non-hydrogen) atoms. The van der Waals surface area contributed by atoms with Gasteiger partial charge >= 0.3 is 5.97 Å². The zero-order chi connectivity index (χ0) is 13.8. The standard InChI is InChI=1S/C11H21NO5S/c1-9(13)12-10(11(14)15)8-18-7-6-17-5-3-4-16-2/h10H,3-8H2,1-2H3,(H,12,13)(H,14,15)/t10-/m0/s1. The summed E-state index contributed by atoms with van der Waals surface area (Å²) >= 11 is 1.44. The number of hydrogen-bond donors (Lipinski definition) is 2. The van der Waals surface area contributed by atoms with Crippen molar-refractivity contribution in [1.82, 2.24) is 5.32 Å². The lowest BCUT2D eigenvalue weighted by Crippen LogP contribution is -2.41. The van der Waals surface area contributed by atoms with Gasteiger partial charge in [0.25, 0.3) is 0 Å². The summed E-state index contributed by atoms with van der Waals surface area (Å²) in [7, 11) is 1.64. The summed E-state index contributed by atoms with van der Waals surface area (Å²) in [5.74, 6) is -0.301. The highest BCUT2D eigenvalue weighted by Crippen LogP contribution is 2.03. The molecule has 0 aliphatic carbocycles. The van der Waals surface area contributed by atoms with Crippen LogP contribution in [-0.2, 0) is 19.1 Å².